The maximum absolute atomic E-state index is 14.2. The van der Waals surface area contributed by atoms with Crippen LogP contribution in [0.25, 0.3) is 0 Å². The number of aldehydes is 1. The molecule has 9 heteroatoms. The van der Waals surface area contributed by atoms with Crippen molar-refractivity contribution in [2.75, 3.05) is 31.1 Å². The lowest BCUT2D eigenvalue weighted by molar-refractivity contribution is -0.126. The fraction of sp³-hybridized carbons (Fsp3) is 0.350. The van der Waals surface area contributed by atoms with Gasteiger partial charge in [0.15, 0.2) is 11.4 Å². The van der Waals surface area contributed by atoms with Gasteiger partial charge < -0.3 is 14.8 Å². The standard InChI is InChI=1S/C20H24FN3O3P2/c1-12-16(11-25)22-13(2)17(12)18(26)19(27)24-8-6-23(7-9-24)15-5-3-4-14(10-15)20(21,28)29/h3-5,10-11,22H,6-9,28-29H2,1-2H3. The number of amides is 1. The smallest absolute Gasteiger partial charge is 0.295 e. The lowest BCUT2D eigenvalue weighted by Gasteiger charge is -2.36. The van der Waals surface area contributed by atoms with Crippen LogP contribution in [0, 0.1) is 13.8 Å². The molecule has 0 spiro atoms. The Morgan fingerprint density at radius 1 is 1.17 bits per heavy atom. The molecule has 1 aromatic carbocycles. The molecule has 2 heterocycles. The second kappa shape index (κ2) is 8.33. The van der Waals surface area contributed by atoms with E-state index in [1.165, 1.54) is 4.90 Å². The highest BCUT2D eigenvalue weighted by Gasteiger charge is 2.30. The van der Waals surface area contributed by atoms with E-state index in [0.29, 0.717) is 55.0 Å². The first-order valence-corrected chi connectivity index (χ1v) is 10.4. The van der Waals surface area contributed by atoms with Crippen molar-refractivity contribution < 1.29 is 18.8 Å². The third-order valence-electron chi connectivity index (χ3n) is 5.24. The number of ketones is 1. The molecule has 29 heavy (non-hydrogen) atoms. The third-order valence-corrected chi connectivity index (χ3v) is 5.90. The molecule has 2 unspecified atom stereocenters. The van der Waals surface area contributed by atoms with Gasteiger partial charge in [-0.25, -0.2) is 4.39 Å². The number of nitrogens with zero attached hydrogens (tertiary/aromatic N) is 2. The fourth-order valence-electron chi connectivity index (χ4n) is 3.59. The molecule has 154 valence electrons. The van der Waals surface area contributed by atoms with E-state index in [-0.39, 0.29) is 5.56 Å². The van der Waals surface area contributed by atoms with Crippen LogP contribution < -0.4 is 4.90 Å². The van der Waals surface area contributed by atoms with Crippen molar-refractivity contribution >= 4 is 42.1 Å². The fourth-order valence-corrected chi connectivity index (χ4v) is 3.95. The van der Waals surface area contributed by atoms with E-state index in [4.69, 9.17) is 0 Å². The second-order valence-corrected chi connectivity index (χ2v) is 9.56. The number of rotatable bonds is 5. The number of nitrogens with one attached hydrogen (secondary N) is 1. The summed E-state index contributed by atoms with van der Waals surface area (Å²) in [5, 5.41) is -1.59. The zero-order chi connectivity index (χ0) is 21.3. The van der Waals surface area contributed by atoms with E-state index in [2.05, 4.69) is 28.4 Å². The minimum absolute atomic E-state index is 0.271. The lowest BCUT2D eigenvalue weighted by Crippen LogP contribution is -2.50. The van der Waals surface area contributed by atoms with E-state index >= 15 is 0 Å². The number of H-pyrrole nitrogens is 1. The number of piperazine rings is 1. The number of halogens is 1. The van der Waals surface area contributed by atoms with Crippen molar-refractivity contribution in [1.82, 2.24) is 9.88 Å². The predicted molar refractivity (Wildman–Crippen MR) is 117 cm³/mol. The number of aromatic nitrogens is 1. The largest absolute Gasteiger partial charge is 0.368 e. The number of aryl methyl sites for hydroxylation is 1. The van der Waals surface area contributed by atoms with Gasteiger partial charge in [-0.1, -0.05) is 30.6 Å². The highest BCUT2D eigenvalue weighted by atomic mass is 31.1. The Bertz CT molecular complexity index is 960. The van der Waals surface area contributed by atoms with E-state index in [1.807, 2.05) is 6.07 Å². The Balaban J connectivity index is 1.69. The summed E-state index contributed by atoms with van der Waals surface area (Å²) in [5.74, 6) is -1.17. The van der Waals surface area contributed by atoms with Crippen LogP contribution in [0.1, 0.15) is 37.7 Å². The number of hydrogen-bond donors (Lipinski definition) is 1. The summed E-state index contributed by atoms with van der Waals surface area (Å²) in [6.07, 6.45) is 0.645. The monoisotopic (exact) mass is 435 g/mol. The minimum Gasteiger partial charge on any atom is -0.368 e. The summed E-state index contributed by atoms with van der Waals surface area (Å²) in [6.45, 7) is 5.19. The van der Waals surface area contributed by atoms with Gasteiger partial charge in [0, 0.05) is 37.6 Å². The van der Waals surface area contributed by atoms with Gasteiger partial charge in [-0.05, 0) is 37.1 Å². The molecule has 1 saturated heterocycles. The van der Waals surface area contributed by atoms with E-state index in [1.54, 1.807) is 32.0 Å². The van der Waals surface area contributed by atoms with Crippen LogP contribution in [0.4, 0.5) is 10.1 Å². The third kappa shape index (κ3) is 4.41. The van der Waals surface area contributed by atoms with Crippen LogP contribution in [-0.2, 0) is 9.95 Å². The SMILES string of the molecule is Cc1[nH]c(C=O)c(C)c1C(=O)C(=O)N1CCN(c2cccc(C(F)(P)P)c2)CC1. The topological polar surface area (TPSA) is 73.5 Å². The first-order chi connectivity index (χ1) is 13.6. The molecule has 3 rings (SSSR count). The number of alkyl halides is 1. The quantitative estimate of drug-likeness (QED) is 0.339. The summed E-state index contributed by atoms with van der Waals surface area (Å²) in [7, 11) is 4.31. The molecule has 1 aliphatic heterocycles. The summed E-state index contributed by atoms with van der Waals surface area (Å²) >= 11 is 0. The number of carbonyl (C=O) groups excluding carboxylic acids is 3. The molecule has 6 nitrogen and oxygen atoms in total. The zero-order valence-electron chi connectivity index (χ0n) is 16.4. The second-order valence-electron chi connectivity index (χ2n) is 7.21. The van der Waals surface area contributed by atoms with Crippen molar-refractivity contribution in [1.29, 1.82) is 0 Å². The Morgan fingerprint density at radius 2 is 1.83 bits per heavy atom. The maximum Gasteiger partial charge on any atom is 0.295 e. The van der Waals surface area contributed by atoms with E-state index in [9.17, 15) is 18.8 Å². The molecule has 0 bridgehead atoms. The Morgan fingerprint density at radius 3 is 2.38 bits per heavy atom. The van der Waals surface area contributed by atoms with Gasteiger partial charge >= 0.3 is 0 Å². The highest BCUT2D eigenvalue weighted by molar-refractivity contribution is 7.38. The molecule has 0 radical (unpaired) electrons. The molecule has 0 saturated carbocycles. The molecule has 2 aromatic rings. The first-order valence-electron chi connectivity index (χ1n) is 9.23. The predicted octanol–water partition coefficient (Wildman–Crippen LogP) is 2.81. The molecule has 1 amide bonds. The number of hydrogen-bond acceptors (Lipinski definition) is 4. The molecular formula is C20H24FN3O3P2. The molecule has 1 fully saturated rings. The molecule has 1 aromatic heterocycles. The maximum atomic E-state index is 14.2. The number of Topliss-reactive ketones (excluding diaryl/α,β-unsaturated/α-hetero) is 1. The van der Waals surface area contributed by atoms with Crippen molar-refractivity contribution in [3.8, 4) is 0 Å². The first kappa shape index (κ1) is 21.6. The lowest BCUT2D eigenvalue weighted by atomic mass is 10.0. The average molecular weight is 435 g/mol. The average Bonchev–Trinajstić information content (AvgIpc) is 2.99. The van der Waals surface area contributed by atoms with Gasteiger partial charge in [0.25, 0.3) is 11.7 Å². The van der Waals surface area contributed by atoms with Crippen LogP contribution in [0.3, 0.4) is 0 Å². The summed E-state index contributed by atoms with van der Waals surface area (Å²) in [4.78, 5) is 43.0. The van der Waals surface area contributed by atoms with E-state index in [0.717, 1.165) is 5.69 Å². The van der Waals surface area contributed by atoms with Gasteiger partial charge in [-0.3, -0.25) is 14.4 Å². The van der Waals surface area contributed by atoms with Gasteiger partial charge in [0.1, 0.15) is 0 Å². The number of anilines is 1. The Hall–Kier alpha value is -2.10. The number of benzene rings is 1. The van der Waals surface area contributed by atoms with Gasteiger partial charge in [-0.15, -0.1) is 0 Å². The van der Waals surface area contributed by atoms with Crippen LogP contribution in [0.2, 0.25) is 0 Å². The van der Waals surface area contributed by atoms with Crippen LogP contribution in [-0.4, -0.2) is 54.0 Å². The van der Waals surface area contributed by atoms with Crippen molar-refractivity contribution in [3.63, 3.8) is 0 Å². The normalized spacial score (nSPS) is 14.8. The highest BCUT2D eigenvalue weighted by Crippen LogP contribution is 2.41. The van der Waals surface area contributed by atoms with Crippen LogP contribution in [0.5, 0.6) is 0 Å². The number of carbonyl (C=O) groups is 3. The molecule has 2 atom stereocenters. The van der Waals surface area contributed by atoms with Crippen molar-refractivity contribution in [2.45, 2.75) is 19.0 Å². The molecule has 1 N–H and O–H groups in total. The summed E-state index contributed by atoms with van der Waals surface area (Å²) in [6, 6.07) is 7.21. The van der Waals surface area contributed by atoms with Crippen molar-refractivity contribution in [3.05, 3.63) is 52.3 Å². The Labute approximate surface area is 173 Å². The van der Waals surface area contributed by atoms with E-state index < -0.39 is 16.8 Å². The Kier molecular flexibility index (Phi) is 6.21. The zero-order valence-corrected chi connectivity index (χ0v) is 18.7. The van der Waals surface area contributed by atoms with Gasteiger partial charge in [0.05, 0.1) is 11.3 Å². The van der Waals surface area contributed by atoms with Crippen LogP contribution in [0.15, 0.2) is 24.3 Å². The van der Waals surface area contributed by atoms with Gasteiger partial charge in [0.2, 0.25) is 0 Å². The molecule has 0 aliphatic carbocycles. The van der Waals surface area contributed by atoms with Crippen LogP contribution >= 0.6 is 18.5 Å². The summed E-state index contributed by atoms with van der Waals surface area (Å²) < 4.78 is 14.2. The van der Waals surface area contributed by atoms with Gasteiger partial charge in [-0.2, -0.15) is 0 Å². The summed E-state index contributed by atoms with van der Waals surface area (Å²) in [5.41, 5.74) is 3.01. The molecule has 1 aliphatic rings. The minimum atomic E-state index is -1.59. The molecular weight excluding hydrogens is 411 g/mol. The van der Waals surface area contributed by atoms with Crippen molar-refractivity contribution in [2.24, 2.45) is 0 Å². The number of aromatic amines is 1.